The highest BCUT2D eigenvalue weighted by Crippen LogP contribution is 2.18. The molecular weight excluding hydrogens is 196 g/mol. The maximum Gasteiger partial charge on any atom is 0.347 e. The molecule has 0 atom stereocenters. The fraction of sp³-hybridized carbons (Fsp3) is 0.273. The summed E-state index contributed by atoms with van der Waals surface area (Å²) in [5, 5.41) is 8.82. The van der Waals surface area contributed by atoms with Crippen LogP contribution in [0.25, 0.3) is 0 Å². The van der Waals surface area contributed by atoms with Gasteiger partial charge in [0.1, 0.15) is 12.0 Å². The van der Waals surface area contributed by atoms with Crippen molar-refractivity contribution in [3.05, 3.63) is 29.8 Å². The summed E-state index contributed by atoms with van der Waals surface area (Å²) in [6, 6.07) is 6.27. The van der Waals surface area contributed by atoms with Gasteiger partial charge in [-0.05, 0) is 38.1 Å². The lowest BCUT2D eigenvalue weighted by molar-refractivity contribution is -0.152. The maximum atomic E-state index is 10.8. The van der Waals surface area contributed by atoms with Crippen LogP contribution in [0.5, 0.6) is 5.75 Å². The van der Waals surface area contributed by atoms with E-state index in [0.29, 0.717) is 17.6 Å². The number of benzene rings is 1. The molecule has 0 fully saturated rings. The van der Waals surface area contributed by atoms with Gasteiger partial charge in [0, 0.05) is 5.56 Å². The molecule has 80 valence electrons. The van der Waals surface area contributed by atoms with Crippen molar-refractivity contribution >= 4 is 12.3 Å². The van der Waals surface area contributed by atoms with Gasteiger partial charge in [0.15, 0.2) is 5.60 Å². The molecule has 15 heavy (non-hydrogen) atoms. The molecule has 0 saturated carbocycles. The van der Waals surface area contributed by atoms with Crippen molar-refractivity contribution < 1.29 is 19.4 Å². The Morgan fingerprint density at radius 3 is 2.27 bits per heavy atom. The first-order valence-electron chi connectivity index (χ1n) is 4.43. The van der Waals surface area contributed by atoms with Crippen molar-refractivity contribution in [2.75, 3.05) is 0 Å². The number of ether oxygens (including phenoxy) is 1. The molecule has 0 bridgehead atoms. The molecule has 0 aliphatic rings. The summed E-state index contributed by atoms with van der Waals surface area (Å²) in [5.74, 6) is -0.616. The summed E-state index contributed by atoms with van der Waals surface area (Å²) >= 11 is 0. The molecule has 1 aromatic rings. The standard InChI is InChI=1S/C11H12O4/c1-11(2,10(13)14)15-9-5-3-8(7-12)4-6-9/h3-7H,1-2H3,(H,13,14). The number of carbonyl (C=O) groups excluding carboxylic acids is 1. The van der Waals surface area contributed by atoms with Crippen molar-refractivity contribution in [3.8, 4) is 5.75 Å². The van der Waals surface area contributed by atoms with Crippen LogP contribution in [0.3, 0.4) is 0 Å². The summed E-state index contributed by atoms with van der Waals surface area (Å²) in [6.07, 6.45) is 0.714. The monoisotopic (exact) mass is 208 g/mol. The Hall–Kier alpha value is -1.84. The molecule has 1 rings (SSSR count). The van der Waals surface area contributed by atoms with Gasteiger partial charge in [0.25, 0.3) is 0 Å². The van der Waals surface area contributed by atoms with Crippen LogP contribution in [-0.4, -0.2) is 23.0 Å². The Bertz CT molecular complexity index is 365. The van der Waals surface area contributed by atoms with Gasteiger partial charge in [-0.15, -0.1) is 0 Å². The largest absolute Gasteiger partial charge is 0.478 e. The second-order valence-corrected chi connectivity index (χ2v) is 3.60. The number of carboxylic acid groups (broad SMARTS) is 1. The molecule has 4 heteroatoms. The number of rotatable bonds is 4. The summed E-state index contributed by atoms with van der Waals surface area (Å²) in [4.78, 5) is 21.1. The second kappa shape index (κ2) is 4.13. The number of hydrogen-bond acceptors (Lipinski definition) is 3. The van der Waals surface area contributed by atoms with Crippen LogP contribution in [0, 0.1) is 0 Å². The van der Waals surface area contributed by atoms with Crippen molar-refractivity contribution in [3.63, 3.8) is 0 Å². The molecule has 0 amide bonds. The lowest BCUT2D eigenvalue weighted by Gasteiger charge is -2.21. The van der Waals surface area contributed by atoms with E-state index in [-0.39, 0.29) is 0 Å². The minimum atomic E-state index is -1.28. The van der Waals surface area contributed by atoms with E-state index in [9.17, 15) is 9.59 Å². The highest BCUT2D eigenvalue weighted by Gasteiger charge is 2.29. The Morgan fingerprint density at radius 2 is 1.87 bits per heavy atom. The number of carbonyl (C=O) groups is 2. The van der Waals surface area contributed by atoms with E-state index in [1.165, 1.54) is 13.8 Å². The van der Waals surface area contributed by atoms with Gasteiger partial charge >= 0.3 is 5.97 Å². The number of carboxylic acids is 1. The normalized spacial score (nSPS) is 10.8. The van der Waals surface area contributed by atoms with E-state index in [4.69, 9.17) is 9.84 Å². The van der Waals surface area contributed by atoms with Gasteiger partial charge in [0.2, 0.25) is 0 Å². The van der Waals surface area contributed by atoms with Gasteiger partial charge in [0.05, 0.1) is 0 Å². The fourth-order valence-electron chi connectivity index (χ4n) is 0.953. The molecule has 0 aliphatic heterocycles. The van der Waals surface area contributed by atoms with E-state index in [2.05, 4.69) is 0 Å². The van der Waals surface area contributed by atoms with Crippen LogP contribution in [0.15, 0.2) is 24.3 Å². The van der Waals surface area contributed by atoms with Gasteiger partial charge < -0.3 is 9.84 Å². The highest BCUT2D eigenvalue weighted by atomic mass is 16.5. The Balaban J connectivity index is 2.81. The Morgan fingerprint density at radius 1 is 1.33 bits per heavy atom. The van der Waals surface area contributed by atoms with Crippen LogP contribution in [0.1, 0.15) is 24.2 Å². The van der Waals surface area contributed by atoms with Crippen molar-refractivity contribution in [1.82, 2.24) is 0 Å². The molecule has 0 unspecified atom stereocenters. The molecule has 4 nitrogen and oxygen atoms in total. The van der Waals surface area contributed by atoms with Crippen LogP contribution >= 0.6 is 0 Å². The topological polar surface area (TPSA) is 63.6 Å². The van der Waals surface area contributed by atoms with Crippen LogP contribution in [0.2, 0.25) is 0 Å². The first kappa shape index (κ1) is 11.2. The first-order valence-corrected chi connectivity index (χ1v) is 4.43. The predicted octanol–water partition coefficient (Wildman–Crippen LogP) is 1.74. The lowest BCUT2D eigenvalue weighted by atomic mass is 10.1. The number of hydrogen-bond donors (Lipinski definition) is 1. The Labute approximate surface area is 87.5 Å². The minimum absolute atomic E-state index is 0.424. The SMILES string of the molecule is CC(C)(Oc1ccc(C=O)cc1)C(=O)O. The number of aliphatic carboxylic acids is 1. The lowest BCUT2D eigenvalue weighted by Crippen LogP contribution is -2.37. The fourth-order valence-corrected chi connectivity index (χ4v) is 0.953. The van der Waals surface area contributed by atoms with E-state index < -0.39 is 11.6 Å². The van der Waals surface area contributed by atoms with Crippen LogP contribution < -0.4 is 4.74 Å². The second-order valence-electron chi connectivity index (χ2n) is 3.60. The van der Waals surface area contributed by atoms with Gasteiger partial charge in [-0.2, -0.15) is 0 Å². The molecular formula is C11H12O4. The van der Waals surface area contributed by atoms with E-state index in [0.717, 1.165) is 0 Å². The van der Waals surface area contributed by atoms with Crippen LogP contribution in [-0.2, 0) is 4.79 Å². The summed E-state index contributed by atoms with van der Waals surface area (Å²) in [7, 11) is 0. The molecule has 0 aliphatic carbocycles. The zero-order valence-corrected chi connectivity index (χ0v) is 8.56. The third kappa shape index (κ3) is 2.80. The molecule has 0 saturated heterocycles. The summed E-state index contributed by atoms with van der Waals surface area (Å²) in [6.45, 7) is 2.92. The van der Waals surface area contributed by atoms with Gasteiger partial charge in [-0.25, -0.2) is 4.79 Å². The minimum Gasteiger partial charge on any atom is -0.478 e. The van der Waals surface area contributed by atoms with Gasteiger partial charge in [-0.1, -0.05) is 0 Å². The third-order valence-electron chi connectivity index (χ3n) is 1.90. The van der Waals surface area contributed by atoms with Crippen molar-refractivity contribution in [1.29, 1.82) is 0 Å². The predicted molar refractivity (Wildman–Crippen MR) is 54.2 cm³/mol. The highest BCUT2D eigenvalue weighted by molar-refractivity contribution is 5.77. The molecule has 1 N–H and O–H groups in total. The molecule has 0 aromatic heterocycles. The quantitative estimate of drug-likeness (QED) is 0.765. The molecule has 0 radical (unpaired) electrons. The average Bonchev–Trinajstić information content (AvgIpc) is 2.18. The van der Waals surface area contributed by atoms with Gasteiger partial charge in [-0.3, -0.25) is 4.79 Å². The smallest absolute Gasteiger partial charge is 0.347 e. The average molecular weight is 208 g/mol. The van der Waals surface area contributed by atoms with Crippen molar-refractivity contribution in [2.45, 2.75) is 19.4 Å². The summed E-state index contributed by atoms with van der Waals surface area (Å²) < 4.78 is 5.25. The Kier molecular flexibility index (Phi) is 3.09. The van der Waals surface area contributed by atoms with E-state index in [1.807, 2.05) is 0 Å². The summed E-state index contributed by atoms with van der Waals surface area (Å²) in [5.41, 5.74) is -0.752. The van der Waals surface area contributed by atoms with E-state index >= 15 is 0 Å². The zero-order chi connectivity index (χ0) is 11.5. The first-order chi connectivity index (χ1) is 6.95. The van der Waals surface area contributed by atoms with Crippen molar-refractivity contribution in [2.24, 2.45) is 0 Å². The van der Waals surface area contributed by atoms with Crippen LogP contribution in [0.4, 0.5) is 0 Å². The maximum absolute atomic E-state index is 10.8. The number of aldehydes is 1. The zero-order valence-electron chi connectivity index (χ0n) is 8.56. The van der Waals surface area contributed by atoms with E-state index in [1.54, 1.807) is 24.3 Å². The molecule has 0 spiro atoms. The molecule has 0 heterocycles. The molecule has 1 aromatic carbocycles. The third-order valence-corrected chi connectivity index (χ3v) is 1.90.